The zero-order valence-corrected chi connectivity index (χ0v) is 14.8. The number of hydrogen-bond donors (Lipinski definition) is 2. The van der Waals surface area contributed by atoms with Crippen LogP contribution in [-0.4, -0.2) is 21.3 Å². The van der Waals surface area contributed by atoms with Crippen molar-refractivity contribution in [2.75, 3.05) is 16.4 Å². The van der Waals surface area contributed by atoms with Crippen LogP contribution in [0.15, 0.2) is 59.9 Å². The predicted molar refractivity (Wildman–Crippen MR) is 102 cm³/mol. The van der Waals surface area contributed by atoms with Crippen molar-refractivity contribution in [3.63, 3.8) is 0 Å². The fourth-order valence-electron chi connectivity index (χ4n) is 2.71. The summed E-state index contributed by atoms with van der Waals surface area (Å²) in [4.78, 5) is 17.0. The Morgan fingerprint density at radius 3 is 2.88 bits per heavy atom. The summed E-state index contributed by atoms with van der Waals surface area (Å²) in [6.45, 7) is 0.970. The predicted octanol–water partition coefficient (Wildman–Crippen LogP) is 4.95. The molecule has 5 nitrogen and oxygen atoms in total. The Morgan fingerprint density at radius 1 is 1.16 bits per heavy atom. The Hall–Kier alpha value is -2.44. The first-order chi connectivity index (χ1) is 12.2. The van der Waals surface area contributed by atoms with E-state index in [0.29, 0.717) is 16.4 Å². The van der Waals surface area contributed by atoms with Gasteiger partial charge in [-0.1, -0.05) is 47.6 Å². The minimum atomic E-state index is -0.323. The number of anilines is 2. The number of benzene rings is 2. The summed E-state index contributed by atoms with van der Waals surface area (Å²) in [5.74, 6) is 1.06. The number of urea groups is 1. The van der Waals surface area contributed by atoms with Crippen LogP contribution in [0.4, 0.5) is 16.2 Å². The Balaban J connectivity index is 1.55. The van der Waals surface area contributed by atoms with Gasteiger partial charge in [0.25, 0.3) is 0 Å². The number of para-hydroxylation sites is 1. The maximum Gasteiger partial charge on any atom is 0.323 e. The number of nitrogens with zero attached hydrogens (tertiary/aromatic N) is 2. The number of halogens is 1. The van der Waals surface area contributed by atoms with Crippen LogP contribution in [0.3, 0.4) is 0 Å². The Morgan fingerprint density at radius 2 is 2.04 bits per heavy atom. The normalized spacial score (nSPS) is 12.7. The van der Waals surface area contributed by atoms with E-state index < -0.39 is 0 Å². The fraction of sp³-hybridized carbons (Fsp3) is 0.111. The minimum Gasteiger partial charge on any atom is -0.325 e. The van der Waals surface area contributed by atoms with Gasteiger partial charge < -0.3 is 15.2 Å². The molecule has 2 amide bonds. The van der Waals surface area contributed by atoms with Crippen LogP contribution in [0.5, 0.6) is 0 Å². The highest BCUT2D eigenvalue weighted by atomic mass is 35.5. The second-order valence-corrected chi connectivity index (χ2v) is 7.08. The Kier molecular flexibility index (Phi) is 4.38. The lowest BCUT2D eigenvalue weighted by Crippen LogP contribution is -2.19. The van der Waals surface area contributed by atoms with E-state index in [0.717, 1.165) is 28.7 Å². The fourth-order valence-corrected chi connectivity index (χ4v) is 3.84. The SMILES string of the molecule is O=C(Nc1cccc(Cl)c1)Nc1ccccc1-c1cn2c(n1)SCC2. The number of hydrogen-bond acceptors (Lipinski definition) is 3. The molecule has 2 heterocycles. The van der Waals surface area contributed by atoms with Gasteiger partial charge in [0.05, 0.1) is 11.4 Å². The molecule has 1 aliphatic heterocycles. The lowest BCUT2D eigenvalue weighted by molar-refractivity contribution is 0.262. The molecule has 0 spiro atoms. The van der Waals surface area contributed by atoms with Gasteiger partial charge in [-0.2, -0.15) is 0 Å². The third-order valence-corrected chi connectivity index (χ3v) is 5.04. The maximum absolute atomic E-state index is 12.3. The van der Waals surface area contributed by atoms with Crippen LogP contribution in [0.1, 0.15) is 0 Å². The van der Waals surface area contributed by atoms with E-state index >= 15 is 0 Å². The van der Waals surface area contributed by atoms with Gasteiger partial charge in [-0.25, -0.2) is 9.78 Å². The minimum absolute atomic E-state index is 0.323. The van der Waals surface area contributed by atoms with E-state index in [4.69, 9.17) is 11.6 Å². The van der Waals surface area contributed by atoms with Gasteiger partial charge in [0, 0.05) is 34.8 Å². The second-order valence-electron chi connectivity index (χ2n) is 5.59. The molecule has 0 atom stereocenters. The number of fused-ring (bicyclic) bond motifs is 1. The molecule has 0 saturated carbocycles. The molecule has 2 N–H and O–H groups in total. The van der Waals surface area contributed by atoms with E-state index in [1.165, 1.54) is 0 Å². The first-order valence-electron chi connectivity index (χ1n) is 7.82. The van der Waals surface area contributed by atoms with E-state index in [1.807, 2.05) is 30.5 Å². The van der Waals surface area contributed by atoms with E-state index in [9.17, 15) is 4.79 Å². The first-order valence-corrected chi connectivity index (χ1v) is 9.18. The third kappa shape index (κ3) is 3.50. The van der Waals surface area contributed by atoms with Crippen molar-refractivity contribution in [3.05, 3.63) is 59.8 Å². The van der Waals surface area contributed by atoms with E-state index in [1.54, 1.807) is 36.0 Å². The summed E-state index contributed by atoms with van der Waals surface area (Å²) < 4.78 is 2.14. The molecular formula is C18H15ClN4OS. The Labute approximate surface area is 154 Å². The average molecular weight is 371 g/mol. The number of nitrogens with one attached hydrogen (secondary N) is 2. The zero-order valence-electron chi connectivity index (χ0n) is 13.2. The van der Waals surface area contributed by atoms with Gasteiger partial charge in [-0.05, 0) is 24.3 Å². The maximum atomic E-state index is 12.3. The molecule has 0 bridgehead atoms. The van der Waals surface area contributed by atoms with Crippen LogP contribution < -0.4 is 10.6 Å². The quantitative estimate of drug-likeness (QED) is 0.685. The van der Waals surface area contributed by atoms with Crippen LogP contribution >= 0.6 is 23.4 Å². The lowest BCUT2D eigenvalue weighted by atomic mass is 10.1. The van der Waals surface area contributed by atoms with Crippen molar-refractivity contribution < 1.29 is 4.79 Å². The van der Waals surface area contributed by atoms with Gasteiger partial charge in [0.2, 0.25) is 0 Å². The number of aryl methyl sites for hydroxylation is 1. The molecule has 25 heavy (non-hydrogen) atoms. The number of carbonyl (C=O) groups is 1. The molecule has 0 aliphatic carbocycles. The summed E-state index contributed by atoms with van der Waals surface area (Å²) in [7, 11) is 0. The highest BCUT2D eigenvalue weighted by Gasteiger charge is 2.17. The highest BCUT2D eigenvalue weighted by molar-refractivity contribution is 7.99. The van der Waals surface area contributed by atoms with Crippen molar-refractivity contribution in [2.24, 2.45) is 0 Å². The van der Waals surface area contributed by atoms with Crippen LogP contribution in [0, 0.1) is 0 Å². The molecule has 0 fully saturated rings. The monoisotopic (exact) mass is 370 g/mol. The van der Waals surface area contributed by atoms with Gasteiger partial charge in [-0.15, -0.1) is 0 Å². The van der Waals surface area contributed by atoms with E-state index in [2.05, 4.69) is 20.2 Å². The molecular weight excluding hydrogens is 356 g/mol. The topological polar surface area (TPSA) is 59.0 Å². The largest absolute Gasteiger partial charge is 0.325 e. The molecule has 3 aromatic rings. The lowest BCUT2D eigenvalue weighted by Gasteiger charge is -2.11. The summed E-state index contributed by atoms with van der Waals surface area (Å²) in [5.41, 5.74) is 3.11. The number of aromatic nitrogens is 2. The van der Waals surface area contributed by atoms with Crippen LogP contribution in [-0.2, 0) is 6.54 Å². The summed E-state index contributed by atoms with van der Waals surface area (Å²) in [6, 6.07) is 14.4. The number of carbonyl (C=O) groups excluding carboxylic acids is 1. The molecule has 1 aromatic heterocycles. The first kappa shape index (κ1) is 16.1. The highest BCUT2D eigenvalue weighted by Crippen LogP contribution is 2.32. The van der Waals surface area contributed by atoms with Gasteiger partial charge in [0.1, 0.15) is 0 Å². The van der Waals surface area contributed by atoms with Crippen LogP contribution in [0.25, 0.3) is 11.3 Å². The molecule has 4 rings (SSSR count). The molecule has 1 aliphatic rings. The number of amides is 2. The molecule has 0 radical (unpaired) electrons. The van der Waals surface area contributed by atoms with E-state index in [-0.39, 0.29) is 6.03 Å². The molecule has 7 heteroatoms. The third-order valence-electron chi connectivity index (χ3n) is 3.84. The number of rotatable bonds is 3. The van der Waals surface area contributed by atoms with Crippen molar-refractivity contribution in [3.8, 4) is 11.3 Å². The average Bonchev–Trinajstić information content (AvgIpc) is 3.17. The van der Waals surface area contributed by atoms with Gasteiger partial charge in [0.15, 0.2) is 5.16 Å². The summed E-state index contributed by atoms with van der Waals surface area (Å²) in [5, 5.41) is 7.27. The molecule has 0 saturated heterocycles. The van der Waals surface area contributed by atoms with Gasteiger partial charge in [-0.3, -0.25) is 0 Å². The Bertz CT molecular complexity index is 919. The summed E-state index contributed by atoms with van der Waals surface area (Å²) >= 11 is 7.69. The molecule has 2 aromatic carbocycles. The zero-order chi connectivity index (χ0) is 17.2. The smallest absolute Gasteiger partial charge is 0.323 e. The van der Waals surface area contributed by atoms with Crippen molar-refractivity contribution in [1.29, 1.82) is 0 Å². The number of thioether (sulfide) groups is 1. The summed E-state index contributed by atoms with van der Waals surface area (Å²) in [6.07, 6.45) is 2.03. The molecule has 126 valence electrons. The van der Waals surface area contributed by atoms with Crippen molar-refractivity contribution in [1.82, 2.24) is 9.55 Å². The second kappa shape index (κ2) is 6.82. The molecule has 0 unspecified atom stereocenters. The van der Waals surface area contributed by atoms with Crippen LogP contribution in [0.2, 0.25) is 5.02 Å². The van der Waals surface area contributed by atoms with Crippen molar-refractivity contribution in [2.45, 2.75) is 11.7 Å². The number of imidazole rings is 1. The van der Waals surface area contributed by atoms with Crippen molar-refractivity contribution >= 4 is 40.8 Å². The standard InChI is InChI=1S/C18H15ClN4OS/c19-12-4-3-5-13(10-12)20-17(24)21-15-7-2-1-6-14(15)16-11-23-8-9-25-18(23)22-16/h1-7,10-11H,8-9H2,(H2,20,21,24). The van der Waals surface area contributed by atoms with Gasteiger partial charge >= 0.3 is 6.03 Å².